The van der Waals surface area contributed by atoms with Crippen LogP contribution in [0.2, 0.25) is 0 Å². The molecule has 1 aromatic carbocycles. The van der Waals surface area contributed by atoms with E-state index >= 15 is 0 Å². The number of anilines is 1. The van der Waals surface area contributed by atoms with Crippen molar-refractivity contribution in [2.24, 2.45) is 0 Å². The molecule has 20 heavy (non-hydrogen) atoms. The maximum Gasteiger partial charge on any atom is 0.244 e. The van der Waals surface area contributed by atoms with Crippen molar-refractivity contribution in [2.75, 3.05) is 5.32 Å². The summed E-state index contributed by atoms with van der Waals surface area (Å²) >= 11 is 0. The number of nitrogens with one attached hydrogen (secondary N) is 2. The number of carbonyl (C=O) groups excluding carboxylic acids is 1. The molecule has 0 aliphatic carbocycles. The summed E-state index contributed by atoms with van der Waals surface area (Å²) in [5, 5.41) is 2.50. The van der Waals surface area contributed by atoms with Crippen molar-refractivity contribution in [3.63, 3.8) is 0 Å². The standard InChI is InChI=1S/C13H19FN2O3S/c1-5-12(17)15-9-6-7-10(14)11(8-9)20(18,19)16-13(2,3)4/h6-8,16H,5H2,1-4H3,(H,15,17). The van der Waals surface area contributed by atoms with Crippen molar-refractivity contribution < 1.29 is 17.6 Å². The van der Waals surface area contributed by atoms with Crippen LogP contribution in [0.1, 0.15) is 34.1 Å². The van der Waals surface area contributed by atoms with E-state index in [1.54, 1.807) is 27.7 Å². The maximum absolute atomic E-state index is 13.7. The third-order valence-electron chi connectivity index (χ3n) is 2.27. The van der Waals surface area contributed by atoms with Crippen LogP contribution < -0.4 is 10.0 Å². The highest BCUT2D eigenvalue weighted by Gasteiger charge is 2.25. The van der Waals surface area contributed by atoms with Crippen molar-refractivity contribution in [1.82, 2.24) is 4.72 Å². The van der Waals surface area contributed by atoms with Gasteiger partial charge < -0.3 is 5.32 Å². The average molecular weight is 302 g/mol. The van der Waals surface area contributed by atoms with E-state index < -0.39 is 26.3 Å². The van der Waals surface area contributed by atoms with Crippen LogP contribution in [-0.4, -0.2) is 19.9 Å². The summed E-state index contributed by atoms with van der Waals surface area (Å²) in [6.45, 7) is 6.64. The molecular weight excluding hydrogens is 283 g/mol. The van der Waals surface area contributed by atoms with Crippen LogP contribution in [0.25, 0.3) is 0 Å². The van der Waals surface area contributed by atoms with E-state index in [0.29, 0.717) is 0 Å². The molecule has 7 heteroatoms. The van der Waals surface area contributed by atoms with Crippen molar-refractivity contribution in [3.8, 4) is 0 Å². The molecule has 5 nitrogen and oxygen atoms in total. The van der Waals surface area contributed by atoms with Crippen molar-refractivity contribution in [1.29, 1.82) is 0 Å². The number of benzene rings is 1. The largest absolute Gasteiger partial charge is 0.326 e. The van der Waals surface area contributed by atoms with E-state index in [-0.39, 0.29) is 18.0 Å². The minimum absolute atomic E-state index is 0.243. The Kier molecular flexibility index (Phi) is 4.88. The van der Waals surface area contributed by atoms with Crippen LogP contribution in [-0.2, 0) is 14.8 Å². The maximum atomic E-state index is 13.7. The summed E-state index contributed by atoms with van der Waals surface area (Å²) < 4.78 is 40.3. The Balaban J connectivity index is 3.17. The molecule has 0 saturated carbocycles. The Morgan fingerprint density at radius 1 is 1.30 bits per heavy atom. The lowest BCUT2D eigenvalue weighted by molar-refractivity contribution is -0.115. The lowest BCUT2D eigenvalue weighted by Gasteiger charge is -2.20. The van der Waals surface area contributed by atoms with E-state index in [0.717, 1.165) is 12.1 Å². The first-order valence-corrected chi connectivity index (χ1v) is 7.67. The molecule has 1 aromatic rings. The van der Waals surface area contributed by atoms with Crippen molar-refractivity contribution >= 4 is 21.6 Å². The Morgan fingerprint density at radius 2 is 1.90 bits per heavy atom. The van der Waals surface area contributed by atoms with Gasteiger partial charge in [-0.2, -0.15) is 0 Å². The number of amides is 1. The average Bonchev–Trinajstić information content (AvgIpc) is 2.28. The molecule has 0 saturated heterocycles. The van der Waals surface area contributed by atoms with Crippen LogP contribution in [0.15, 0.2) is 23.1 Å². The van der Waals surface area contributed by atoms with Gasteiger partial charge in [0.15, 0.2) is 0 Å². The molecule has 0 spiro atoms. The minimum atomic E-state index is -3.99. The SMILES string of the molecule is CCC(=O)Nc1ccc(F)c(S(=O)(=O)NC(C)(C)C)c1. The summed E-state index contributed by atoms with van der Waals surface area (Å²) in [5.74, 6) is -1.14. The van der Waals surface area contributed by atoms with Gasteiger partial charge in [-0.05, 0) is 39.0 Å². The first kappa shape index (κ1) is 16.6. The van der Waals surface area contributed by atoms with Gasteiger partial charge in [0.25, 0.3) is 0 Å². The summed E-state index contributed by atoms with van der Waals surface area (Å²) in [5.41, 5.74) is -0.485. The summed E-state index contributed by atoms with van der Waals surface area (Å²) in [7, 11) is -3.99. The molecule has 0 unspecified atom stereocenters. The number of hydrogen-bond acceptors (Lipinski definition) is 3. The molecule has 112 valence electrons. The third kappa shape index (κ3) is 4.57. The first-order chi connectivity index (χ1) is 9.05. The fourth-order valence-electron chi connectivity index (χ4n) is 1.49. The molecule has 0 aromatic heterocycles. The smallest absolute Gasteiger partial charge is 0.244 e. The summed E-state index contributed by atoms with van der Waals surface area (Å²) in [6.07, 6.45) is 0.250. The Bertz CT molecular complexity index is 607. The van der Waals surface area contributed by atoms with Crippen molar-refractivity contribution in [2.45, 2.75) is 44.6 Å². The highest BCUT2D eigenvalue weighted by molar-refractivity contribution is 7.89. The number of carbonyl (C=O) groups is 1. The van der Waals surface area contributed by atoms with Gasteiger partial charge in [0.05, 0.1) is 0 Å². The number of halogens is 1. The monoisotopic (exact) mass is 302 g/mol. The first-order valence-electron chi connectivity index (χ1n) is 6.18. The zero-order valence-electron chi connectivity index (χ0n) is 12.0. The van der Waals surface area contributed by atoms with Gasteiger partial charge >= 0.3 is 0 Å². The molecule has 0 fully saturated rings. The highest BCUT2D eigenvalue weighted by atomic mass is 32.2. The minimum Gasteiger partial charge on any atom is -0.326 e. The predicted octanol–water partition coefficient (Wildman–Crippen LogP) is 2.25. The molecule has 0 atom stereocenters. The van der Waals surface area contributed by atoms with E-state index in [1.807, 2.05) is 0 Å². The fourth-order valence-corrected chi connectivity index (χ4v) is 3.02. The zero-order valence-corrected chi connectivity index (χ0v) is 12.8. The second kappa shape index (κ2) is 5.88. The van der Waals surface area contributed by atoms with Gasteiger partial charge in [0, 0.05) is 17.6 Å². The molecular formula is C13H19FN2O3S. The van der Waals surface area contributed by atoms with Crippen LogP contribution >= 0.6 is 0 Å². The summed E-state index contributed by atoms with van der Waals surface area (Å²) in [6, 6.07) is 3.44. The van der Waals surface area contributed by atoms with Gasteiger partial charge in [-0.15, -0.1) is 0 Å². The predicted molar refractivity (Wildman–Crippen MR) is 75.4 cm³/mol. The number of sulfonamides is 1. The fraction of sp³-hybridized carbons (Fsp3) is 0.462. The van der Waals surface area contributed by atoms with Crippen LogP contribution in [0, 0.1) is 5.82 Å². The highest BCUT2D eigenvalue weighted by Crippen LogP contribution is 2.21. The molecule has 2 N–H and O–H groups in total. The van der Waals surface area contributed by atoms with E-state index in [4.69, 9.17) is 0 Å². The van der Waals surface area contributed by atoms with Crippen molar-refractivity contribution in [3.05, 3.63) is 24.0 Å². The van der Waals surface area contributed by atoms with Crippen LogP contribution in [0.5, 0.6) is 0 Å². The van der Waals surface area contributed by atoms with Crippen LogP contribution in [0.3, 0.4) is 0 Å². The van der Waals surface area contributed by atoms with E-state index in [9.17, 15) is 17.6 Å². The summed E-state index contributed by atoms with van der Waals surface area (Å²) in [4.78, 5) is 10.8. The molecule has 0 aliphatic heterocycles. The van der Waals surface area contributed by atoms with Gasteiger partial charge in [-0.3, -0.25) is 4.79 Å². The van der Waals surface area contributed by atoms with Gasteiger partial charge in [-0.25, -0.2) is 17.5 Å². The number of hydrogen-bond donors (Lipinski definition) is 2. The van der Waals surface area contributed by atoms with Gasteiger partial charge in [0.2, 0.25) is 15.9 Å². The lowest BCUT2D eigenvalue weighted by Crippen LogP contribution is -2.40. The topological polar surface area (TPSA) is 75.3 Å². The molecule has 1 rings (SSSR count). The molecule has 0 heterocycles. The lowest BCUT2D eigenvalue weighted by atomic mass is 10.1. The zero-order chi connectivity index (χ0) is 15.6. The van der Waals surface area contributed by atoms with Crippen LogP contribution in [0.4, 0.5) is 10.1 Å². The Hall–Kier alpha value is -1.47. The van der Waals surface area contributed by atoms with Gasteiger partial charge in [0.1, 0.15) is 10.7 Å². The van der Waals surface area contributed by atoms with E-state index in [1.165, 1.54) is 6.07 Å². The third-order valence-corrected chi connectivity index (χ3v) is 4.04. The van der Waals surface area contributed by atoms with Gasteiger partial charge in [-0.1, -0.05) is 6.92 Å². The molecule has 0 aliphatic rings. The second-order valence-corrected chi connectivity index (χ2v) is 7.05. The molecule has 0 radical (unpaired) electrons. The Labute approximate surface area is 118 Å². The number of rotatable bonds is 4. The molecule has 1 amide bonds. The second-order valence-electron chi connectivity index (χ2n) is 5.40. The quantitative estimate of drug-likeness (QED) is 0.895. The normalized spacial score (nSPS) is 12.2. The Morgan fingerprint density at radius 3 is 2.40 bits per heavy atom. The molecule has 0 bridgehead atoms. The van der Waals surface area contributed by atoms with E-state index in [2.05, 4.69) is 10.0 Å².